The second kappa shape index (κ2) is 20.4. The molecule has 1 heterocycles. The van der Waals surface area contributed by atoms with Crippen LogP contribution in [0.1, 0.15) is 223 Å². The minimum absolute atomic E-state index is 0.0266. The zero-order valence-corrected chi connectivity index (χ0v) is 54.0. The van der Waals surface area contributed by atoms with Crippen LogP contribution in [0.5, 0.6) is 0 Å². The predicted octanol–water partition coefficient (Wildman–Crippen LogP) is 20.8. The molecule has 0 bridgehead atoms. The first-order chi connectivity index (χ1) is 38.9. The van der Waals surface area contributed by atoms with E-state index in [2.05, 4.69) is 281 Å². The fraction of sp³-hybridized carbons (Fsp3) is 0.407. The van der Waals surface area contributed by atoms with Crippen molar-refractivity contribution in [3.8, 4) is 11.1 Å². The number of hydrogen-bond acceptors (Lipinski definition) is 1. The number of anilines is 3. The first-order valence-corrected chi connectivity index (χ1v) is 31.6. The third kappa shape index (κ3) is 10.1. The Bertz CT molecular complexity index is 3630. The van der Waals surface area contributed by atoms with Crippen molar-refractivity contribution in [1.29, 1.82) is 0 Å². The van der Waals surface area contributed by atoms with Gasteiger partial charge in [0.2, 0.25) is 6.71 Å². The number of allylic oxidation sites excluding steroid dienone is 2. The van der Waals surface area contributed by atoms with Crippen LogP contribution < -0.4 is 15.8 Å². The maximum atomic E-state index is 4.81. The molecule has 0 amide bonds. The van der Waals surface area contributed by atoms with E-state index in [9.17, 15) is 0 Å². The molecule has 1 saturated carbocycles. The van der Waals surface area contributed by atoms with E-state index in [0.717, 1.165) is 42.7 Å². The van der Waals surface area contributed by atoms with Gasteiger partial charge in [0, 0.05) is 27.9 Å². The Morgan fingerprint density at radius 2 is 1.05 bits per heavy atom. The minimum Gasteiger partial charge on any atom is -0.310 e. The van der Waals surface area contributed by atoms with Crippen molar-refractivity contribution in [1.82, 2.24) is 0 Å². The molecule has 11 rings (SSSR count). The lowest BCUT2D eigenvalue weighted by atomic mass is 9.30. The molecule has 0 N–H and O–H groups in total. The van der Waals surface area contributed by atoms with E-state index in [1.54, 1.807) is 0 Å². The van der Waals surface area contributed by atoms with Crippen LogP contribution in [0.15, 0.2) is 164 Å². The van der Waals surface area contributed by atoms with Gasteiger partial charge in [-0.3, -0.25) is 0 Å². The highest BCUT2D eigenvalue weighted by Gasteiger charge is 2.51. The van der Waals surface area contributed by atoms with Crippen LogP contribution in [-0.2, 0) is 50.7 Å². The zero-order valence-electron chi connectivity index (χ0n) is 54.0. The Kier molecular flexibility index (Phi) is 14.4. The molecule has 4 aliphatic rings. The zero-order chi connectivity index (χ0) is 59.6. The second-order valence-electron chi connectivity index (χ2n) is 31.3. The standard InChI is InChI=1S/C81H96BN/c1-20-54-46-63(83(61-37-33-59(34-38-61)75(6,7)8)62-39-35-60(36-40-62)76(9,10)11)47-57-48-64-67(81(19)42-26-25-41-80(81,18)21-2)49-56(55-27-23-22-24-28-55)50-71(64)82(72(54)57)73-65-51-68-69(78(14,15)44-43-77(68,12)13)52-66(65)79(16,17)70(73)45-53-29-31-58(32-30-53)74(3,4)5/h20-24,27-40,46-47,49-52H,1-2,25-26,41-45,48H2,3-19H3. The summed E-state index contributed by atoms with van der Waals surface area (Å²) in [5.41, 5.74) is 28.5. The molecule has 0 saturated heterocycles. The summed E-state index contributed by atoms with van der Waals surface area (Å²) in [5, 5.41) is 0. The molecule has 428 valence electrons. The van der Waals surface area contributed by atoms with Crippen molar-refractivity contribution in [3.63, 3.8) is 0 Å². The first kappa shape index (κ1) is 58.4. The summed E-state index contributed by atoms with van der Waals surface area (Å²) >= 11 is 0. The van der Waals surface area contributed by atoms with Gasteiger partial charge in [0.25, 0.3) is 0 Å². The van der Waals surface area contributed by atoms with Gasteiger partial charge in [-0.05, 0) is 185 Å². The monoisotopic (exact) mass is 1090 g/mol. The molecular weight excluding hydrogens is 998 g/mol. The van der Waals surface area contributed by atoms with Crippen LogP contribution in [0.4, 0.5) is 17.1 Å². The first-order valence-electron chi connectivity index (χ1n) is 31.6. The Labute approximate surface area is 502 Å². The van der Waals surface area contributed by atoms with E-state index in [4.69, 9.17) is 6.58 Å². The normalized spacial score (nSPS) is 20.7. The number of rotatable bonds is 10. The Morgan fingerprint density at radius 1 is 0.518 bits per heavy atom. The van der Waals surface area contributed by atoms with Crippen molar-refractivity contribution in [2.75, 3.05) is 4.90 Å². The summed E-state index contributed by atoms with van der Waals surface area (Å²) in [7, 11) is 0. The maximum Gasteiger partial charge on any atom is 0.243 e. The highest BCUT2D eigenvalue weighted by molar-refractivity contribution is 7.01. The van der Waals surface area contributed by atoms with Crippen molar-refractivity contribution in [2.24, 2.45) is 5.41 Å². The lowest BCUT2D eigenvalue weighted by Gasteiger charge is -2.51. The Balaban J connectivity index is 1.27. The molecule has 2 unspecified atom stereocenters. The minimum atomic E-state index is -0.266. The summed E-state index contributed by atoms with van der Waals surface area (Å²) in [6, 6.07) is 55.5. The van der Waals surface area contributed by atoms with Gasteiger partial charge >= 0.3 is 0 Å². The van der Waals surface area contributed by atoms with Gasteiger partial charge < -0.3 is 4.90 Å². The van der Waals surface area contributed by atoms with Crippen LogP contribution in [0.25, 0.3) is 22.7 Å². The van der Waals surface area contributed by atoms with Gasteiger partial charge in [0.1, 0.15) is 0 Å². The van der Waals surface area contributed by atoms with Crippen LogP contribution in [0, 0.1) is 5.41 Å². The Morgan fingerprint density at radius 3 is 1.58 bits per heavy atom. The summed E-state index contributed by atoms with van der Waals surface area (Å²) in [6.45, 7) is 50.5. The van der Waals surface area contributed by atoms with E-state index >= 15 is 0 Å². The van der Waals surface area contributed by atoms with E-state index in [0.29, 0.717) is 0 Å². The van der Waals surface area contributed by atoms with Gasteiger partial charge in [-0.1, -0.05) is 274 Å². The predicted molar refractivity (Wildman–Crippen MR) is 363 cm³/mol. The summed E-state index contributed by atoms with van der Waals surface area (Å²) < 4.78 is 0. The number of nitrogens with zero attached hydrogens (tertiary/aromatic N) is 1. The van der Waals surface area contributed by atoms with Crippen LogP contribution in [-0.4, -0.2) is 6.71 Å². The molecule has 1 nitrogen and oxygen atoms in total. The van der Waals surface area contributed by atoms with Crippen LogP contribution in [0.2, 0.25) is 0 Å². The van der Waals surface area contributed by atoms with Crippen molar-refractivity contribution in [3.05, 3.63) is 231 Å². The lowest BCUT2D eigenvalue weighted by Crippen LogP contribution is -2.54. The summed E-state index contributed by atoms with van der Waals surface area (Å²) in [5.74, 6) is 0. The van der Waals surface area contributed by atoms with Crippen molar-refractivity contribution >= 4 is 46.2 Å². The molecule has 1 aliphatic heterocycles. The van der Waals surface area contributed by atoms with E-state index in [1.165, 1.54) is 126 Å². The lowest BCUT2D eigenvalue weighted by molar-refractivity contribution is 0.141. The highest BCUT2D eigenvalue weighted by Crippen LogP contribution is 2.57. The Hall–Kier alpha value is -6.38. The molecule has 0 radical (unpaired) electrons. The van der Waals surface area contributed by atoms with Gasteiger partial charge in [-0.2, -0.15) is 0 Å². The molecular formula is C81H96BN. The van der Waals surface area contributed by atoms with Gasteiger partial charge in [0.05, 0.1) is 0 Å². The molecule has 0 aromatic heterocycles. The summed E-state index contributed by atoms with van der Waals surface area (Å²) in [4.78, 5) is 2.52. The average Bonchev–Trinajstić information content (AvgIpc) is 1.75. The van der Waals surface area contributed by atoms with E-state index in [-0.39, 0.29) is 50.0 Å². The van der Waals surface area contributed by atoms with Gasteiger partial charge in [-0.25, -0.2) is 0 Å². The number of hydrogen-bond donors (Lipinski definition) is 0. The SMILES string of the molecule is C=Cc1cc(N(c2ccc(C(C)(C)C)cc2)c2ccc(C(C)(C)C)cc2)cc2c1B(C1=C(Cc3ccc(C(C)(C)C)cc3)C(C)(C)c3cc4c(cc31)C(C)(C)CCC4(C)C)c1cc(-c3ccccc3)cc(C3(C)CCCCC3(C)C=C)c1C2. The average molecular weight is 1090 g/mol. The molecule has 0 spiro atoms. The number of benzene rings is 7. The highest BCUT2D eigenvalue weighted by atomic mass is 15.1. The fourth-order valence-electron chi connectivity index (χ4n) is 15.6. The number of fused-ring (bicyclic) bond motifs is 4. The molecule has 1 fully saturated rings. The quantitative estimate of drug-likeness (QED) is 0.0975. The largest absolute Gasteiger partial charge is 0.310 e. The molecule has 7 aromatic rings. The smallest absolute Gasteiger partial charge is 0.243 e. The maximum absolute atomic E-state index is 4.81. The molecule has 83 heavy (non-hydrogen) atoms. The third-order valence-electron chi connectivity index (χ3n) is 21.6. The van der Waals surface area contributed by atoms with Crippen LogP contribution >= 0.6 is 0 Å². The third-order valence-corrected chi connectivity index (χ3v) is 21.6. The molecule has 7 aromatic carbocycles. The molecule has 3 aliphatic carbocycles. The van der Waals surface area contributed by atoms with E-state index < -0.39 is 0 Å². The molecule has 2 heteroatoms. The van der Waals surface area contributed by atoms with Crippen LogP contribution in [0.3, 0.4) is 0 Å². The molecule has 2 atom stereocenters. The fourth-order valence-corrected chi connectivity index (χ4v) is 15.6. The van der Waals surface area contributed by atoms with Crippen molar-refractivity contribution < 1.29 is 0 Å². The summed E-state index contributed by atoms with van der Waals surface area (Å²) in [6.07, 6.45) is 13.2. The topological polar surface area (TPSA) is 3.24 Å². The van der Waals surface area contributed by atoms with E-state index in [1.807, 2.05) is 0 Å². The van der Waals surface area contributed by atoms with Crippen molar-refractivity contribution in [2.45, 2.75) is 207 Å². The van der Waals surface area contributed by atoms with Gasteiger partial charge in [-0.15, -0.1) is 6.58 Å². The second-order valence-corrected chi connectivity index (χ2v) is 31.3. The van der Waals surface area contributed by atoms with Gasteiger partial charge in [0.15, 0.2) is 0 Å².